The van der Waals surface area contributed by atoms with E-state index in [1.54, 1.807) is 0 Å². The Kier molecular flexibility index (Phi) is 3.34. The number of phenols is 1. The lowest BCUT2D eigenvalue weighted by Crippen LogP contribution is -2.21. The predicted octanol–water partition coefficient (Wildman–Crippen LogP) is 2.65. The first-order valence-electron chi connectivity index (χ1n) is 5.79. The molecule has 0 spiro atoms. The number of nitrogens with zero attached hydrogens (tertiary/aromatic N) is 1. The third-order valence-corrected chi connectivity index (χ3v) is 3.47. The summed E-state index contributed by atoms with van der Waals surface area (Å²) in [6.07, 6.45) is 4.22. The zero-order chi connectivity index (χ0) is 13.2. The van der Waals surface area contributed by atoms with Crippen LogP contribution in [0.15, 0.2) is 17.1 Å². The van der Waals surface area contributed by atoms with Crippen molar-refractivity contribution in [3.8, 4) is 11.5 Å². The van der Waals surface area contributed by atoms with Gasteiger partial charge in [-0.25, -0.2) is 9.18 Å². The number of carbonyl (C=O) groups excluding carboxylic acids is 1. The second kappa shape index (κ2) is 4.78. The maximum absolute atomic E-state index is 14.0. The summed E-state index contributed by atoms with van der Waals surface area (Å²) in [5.74, 6) is -0.675. The Labute approximate surface area is 104 Å². The van der Waals surface area contributed by atoms with Crippen molar-refractivity contribution in [2.45, 2.75) is 31.2 Å². The fraction of sp³-hybridized carbons (Fsp3) is 0.462. The molecule has 1 saturated carbocycles. The Morgan fingerprint density at radius 1 is 1.44 bits per heavy atom. The van der Waals surface area contributed by atoms with Gasteiger partial charge in [0.15, 0.2) is 11.5 Å². The highest BCUT2D eigenvalue weighted by atomic mass is 19.1. The molecular formula is C13H14FNO3. The van der Waals surface area contributed by atoms with Gasteiger partial charge in [0.1, 0.15) is 11.4 Å². The van der Waals surface area contributed by atoms with Crippen molar-refractivity contribution in [2.24, 2.45) is 4.99 Å². The van der Waals surface area contributed by atoms with Crippen LogP contribution in [0.25, 0.3) is 0 Å². The van der Waals surface area contributed by atoms with Crippen LogP contribution in [0.4, 0.5) is 4.39 Å². The topological polar surface area (TPSA) is 58.9 Å². The molecule has 0 saturated heterocycles. The van der Waals surface area contributed by atoms with Gasteiger partial charge in [0.2, 0.25) is 6.08 Å². The van der Waals surface area contributed by atoms with Gasteiger partial charge in [0.25, 0.3) is 0 Å². The third-order valence-electron chi connectivity index (χ3n) is 3.47. The highest BCUT2D eigenvalue weighted by Crippen LogP contribution is 2.48. The van der Waals surface area contributed by atoms with Gasteiger partial charge in [0, 0.05) is 0 Å². The van der Waals surface area contributed by atoms with Crippen LogP contribution in [0.1, 0.15) is 31.2 Å². The van der Waals surface area contributed by atoms with E-state index in [0.29, 0.717) is 12.8 Å². The average Bonchev–Trinajstić information content (AvgIpc) is 2.79. The molecule has 0 radical (unpaired) electrons. The summed E-state index contributed by atoms with van der Waals surface area (Å²) in [6.45, 7) is 0. The van der Waals surface area contributed by atoms with Crippen molar-refractivity contribution in [1.82, 2.24) is 0 Å². The van der Waals surface area contributed by atoms with Gasteiger partial charge < -0.3 is 9.84 Å². The fourth-order valence-corrected chi connectivity index (χ4v) is 2.62. The van der Waals surface area contributed by atoms with Crippen LogP contribution in [0.2, 0.25) is 0 Å². The van der Waals surface area contributed by atoms with Crippen molar-refractivity contribution >= 4 is 6.08 Å². The zero-order valence-electron chi connectivity index (χ0n) is 10.1. The Hall–Kier alpha value is -1.87. The molecule has 0 bridgehead atoms. The molecule has 0 heterocycles. The maximum atomic E-state index is 14.0. The molecule has 18 heavy (non-hydrogen) atoms. The number of benzene rings is 1. The summed E-state index contributed by atoms with van der Waals surface area (Å²) in [4.78, 5) is 14.4. The number of phenolic OH excluding ortho intramolecular Hbond substituents is 1. The molecule has 96 valence electrons. The van der Waals surface area contributed by atoms with Gasteiger partial charge in [-0.3, -0.25) is 0 Å². The number of methoxy groups -OCH3 is 1. The minimum atomic E-state index is -0.996. The number of hydrogen-bond donors (Lipinski definition) is 1. The van der Waals surface area contributed by atoms with Crippen LogP contribution in [-0.2, 0) is 10.3 Å². The van der Waals surface area contributed by atoms with E-state index in [9.17, 15) is 14.3 Å². The van der Waals surface area contributed by atoms with E-state index in [1.165, 1.54) is 25.3 Å². The normalized spacial score (nSPS) is 17.2. The molecule has 1 aliphatic carbocycles. The van der Waals surface area contributed by atoms with E-state index < -0.39 is 11.4 Å². The second-order valence-corrected chi connectivity index (χ2v) is 4.42. The third kappa shape index (κ3) is 1.87. The minimum absolute atomic E-state index is 0.0442. The van der Waals surface area contributed by atoms with Crippen LogP contribution >= 0.6 is 0 Å². The van der Waals surface area contributed by atoms with Gasteiger partial charge in [-0.15, -0.1) is 0 Å². The van der Waals surface area contributed by atoms with E-state index in [2.05, 4.69) is 4.99 Å². The Morgan fingerprint density at radius 3 is 2.67 bits per heavy atom. The molecular weight excluding hydrogens is 237 g/mol. The van der Waals surface area contributed by atoms with Crippen molar-refractivity contribution in [1.29, 1.82) is 0 Å². The smallest absolute Gasteiger partial charge is 0.235 e. The second-order valence-electron chi connectivity index (χ2n) is 4.42. The van der Waals surface area contributed by atoms with E-state index >= 15 is 0 Å². The van der Waals surface area contributed by atoms with E-state index in [1.807, 2.05) is 0 Å². The molecule has 0 atom stereocenters. The first kappa shape index (κ1) is 12.6. The number of halogens is 1. The molecule has 2 rings (SSSR count). The molecule has 1 N–H and O–H groups in total. The monoisotopic (exact) mass is 251 g/mol. The lowest BCUT2D eigenvalue weighted by Gasteiger charge is -2.25. The molecule has 1 aromatic carbocycles. The Balaban J connectivity index is 2.64. The summed E-state index contributed by atoms with van der Waals surface area (Å²) in [5.41, 5.74) is -0.951. The van der Waals surface area contributed by atoms with Crippen LogP contribution in [0.3, 0.4) is 0 Å². The van der Waals surface area contributed by atoms with Crippen LogP contribution in [0.5, 0.6) is 11.5 Å². The van der Waals surface area contributed by atoms with Crippen molar-refractivity contribution < 1.29 is 19.0 Å². The summed E-state index contributed by atoms with van der Waals surface area (Å²) in [6, 6.07) is 2.57. The van der Waals surface area contributed by atoms with Gasteiger partial charge in [-0.05, 0) is 25.0 Å². The lowest BCUT2D eigenvalue weighted by atomic mass is 9.87. The molecule has 0 unspecified atom stereocenters. The molecule has 0 amide bonds. The summed E-state index contributed by atoms with van der Waals surface area (Å²) in [5, 5.41) is 10.1. The van der Waals surface area contributed by atoms with E-state index in [4.69, 9.17) is 4.74 Å². The number of ether oxygens (including phenoxy) is 1. The number of aliphatic imine (C=N–C) groups is 1. The number of hydrogen-bond acceptors (Lipinski definition) is 4. The van der Waals surface area contributed by atoms with Crippen LogP contribution < -0.4 is 4.74 Å². The quantitative estimate of drug-likeness (QED) is 0.663. The van der Waals surface area contributed by atoms with Gasteiger partial charge in [0.05, 0.1) is 12.7 Å². The lowest BCUT2D eigenvalue weighted by molar-refractivity contribution is 0.346. The Morgan fingerprint density at radius 2 is 2.11 bits per heavy atom. The van der Waals surface area contributed by atoms with Gasteiger partial charge in [-0.1, -0.05) is 12.8 Å². The van der Waals surface area contributed by atoms with Crippen molar-refractivity contribution in [3.05, 3.63) is 23.5 Å². The van der Waals surface area contributed by atoms with Crippen molar-refractivity contribution in [3.63, 3.8) is 0 Å². The van der Waals surface area contributed by atoms with Gasteiger partial charge >= 0.3 is 0 Å². The summed E-state index contributed by atoms with van der Waals surface area (Å²) < 4.78 is 18.9. The molecule has 0 aliphatic heterocycles. The molecule has 0 aromatic heterocycles. The summed E-state index contributed by atoms with van der Waals surface area (Å²) >= 11 is 0. The maximum Gasteiger partial charge on any atom is 0.235 e. The first-order valence-corrected chi connectivity index (χ1v) is 5.79. The van der Waals surface area contributed by atoms with E-state index in [-0.39, 0.29) is 17.1 Å². The van der Waals surface area contributed by atoms with Crippen LogP contribution in [0, 0.1) is 5.82 Å². The largest absolute Gasteiger partial charge is 0.504 e. The average molecular weight is 251 g/mol. The summed E-state index contributed by atoms with van der Waals surface area (Å²) in [7, 11) is 1.39. The highest BCUT2D eigenvalue weighted by molar-refractivity contribution is 5.51. The molecule has 1 fully saturated rings. The fourth-order valence-electron chi connectivity index (χ4n) is 2.62. The first-order chi connectivity index (χ1) is 8.64. The predicted molar refractivity (Wildman–Crippen MR) is 62.9 cm³/mol. The molecule has 4 nitrogen and oxygen atoms in total. The van der Waals surface area contributed by atoms with Crippen LogP contribution in [-0.4, -0.2) is 18.3 Å². The van der Waals surface area contributed by atoms with Gasteiger partial charge in [-0.2, -0.15) is 4.99 Å². The zero-order valence-corrected chi connectivity index (χ0v) is 10.1. The molecule has 1 aliphatic rings. The standard InChI is InChI=1S/C13H14FNO3/c1-18-10-5-4-9(14)11(12(10)17)13(15-8-16)6-2-3-7-13/h4-5,17H,2-3,6-7H2,1H3. The number of rotatable bonds is 3. The number of aromatic hydroxyl groups is 1. The van der Waals surface area contributed by atoms with Crippen molar-refractivity contribution in [2.75, 3.05) is 7.11 Å². The highest BCUT2D eigenvalue weighted by Gasteiger charge is 2.41. The van der Waals surface area contributed by atoms with E-state index in [0.717, 1.165) is 12.8 Å². The molecule has 5 heteroatoms. The SMILES string of the molecule is COc1ccc(F)c(C2(N=C=O)CCCC2)c1O. The number of isocyanates is 1. The Bertz CT molecular complexity index is 503. The minimum Gasteiger partial charge on any atom is -0.504 e. The molecule has 1 aromatic rings.